The van der Waals surface area contributed by atoms with Crippen molar-refractivity contribution in [2.45, 2.75) is 64.5 Å². The third kappa shape index (κ3) is 3.34. The van der Waals surface area contributed by atoms with E-state index in [-0.39, 0.29) is 0 Å². The molecule has 1 aliphatic heterocycles. The van der Waals surface area contributed by atoms with E-state index in [0.717, 1.165) is 35.1 Å². The van der Waals surface area contributed by atoms with Crippen molar-refractivity contribution in [2.24, 2.45) is 11.8 Å². The first kappa shape index (κ1) is 17.8. The Morgan fingerprint density at radius 3 is 2.31 bits per heavy atom. The van der Waals surface area contributed by atoms with Crippen molar-refractivity contribution >= 4 is 17.2 Å². The second-order valence-electron chi connectivity index (χ2n) is 8.71. The van der Waals surface area contributed by atoms with Gasteiger partial charge < -0.3 is 9.47 Å². The van der Waals surface area contributed by atoms with Crippen LogP contribution in [0.1, 0.15) is 68.8 Å². The molecule has 1 saturated heterocycles. The number of carbonyl (C=O) groups is 1. The Kier molecular flexibility index (Phi) is 5.17. The number of aldehydes is 1. The number of likely N-dealkylation sites (tertiary alicyclic amines) is 1. The van der Waals surface area contributed by atoms with Gasteiger partial charge in [0.2, 0.25) is 0 Å². The van der Waals surface area contributed by atoms with E-state index in [0.29, 0.717) is 6.04 Å². The number of carbonyl (C=O) groups excluding carboxylic acids is 1. The summed E-state index contributed by atoms with van der Waals surface area (Å²) in [5.41, 5.74) is 2.04. The molecule has 1 aliphatic carbocycles. The van der Waals surface area contributed by atoms with E-state index in [1.54, 1.807) is 0 Å². The minimum Gasteiger partial charge on any atom is -0.344 e. The number of hydrogen-bond donors (Lipinski definition) is 0. The van der Waals surface area contributed by atoms with E-state index in [9.17, 15) is 4.79 Å². The van der Waals surface area contributed by atoms with Gasteiger partial charge >= 0.3 is 0 Å². The maximum atomic E-state index is 11.4. The number of piperidine rings is 1. The highest BCUT2D eigenvalue weighted by Gasteiger charge is 2.30. The zero-order valence-electron chi connectivity index (χ0n) is 16.2. The molecule has 3 heteroatoms. The summed E-state index contributed by atoms with van der Waals surface area (Å²) in [7, 11) is 0. The number of hydrogen-bond acceptors (Lipinski definition) is 2. The van der Waals surface area contributed by atoms with Crippen LogP contribution in [0.15, 0.2) is 30.5 Å². The van der Waals surface area contributed by atoms with Gasteiger partial charge in [0.1, 0.15) is 0 Å². The van der Waals surface area contributed by atoms with Crippen molar-refractivity contribution in [2.75, 3.05) is 13.1 Å². The second-order valence-corrected chi connectivity index (χ2v) is 8.71. The van der Waals surface area contributed by atoms with Crippen molar-refractivity contribution in [1.82, 2.24) is 9.47 Å². The second kappa shape index (κ2) is 7.56. The predicted molar refractivity (Wildman–Crippen MR) is 108 cm³/mol. The average Bonchev–Trinajstić information content (AvgIpc) is 3.07. The van der Waals surface area contributed by atoms with Gasteiger partial charge in [0.05, 0.1) is 0 Å². The minimum atomic E-state index is 0.525. The molecule has 1 aromatic carbocycles. The molecule has 2 aromatic rings. The molecule has 0 spiro atoms. The molecule has 1 aromatic heterocycles. The summed E-state index contributed by atoms with van der Waals surface area (Å²) in [4.78, 5) is 14.2. The molecule has 4 rings (SSSR count). The first-order chi connectivity index (χ1) is 12.7. The molecule has 0 bridgehead atoms. The van der Waals surface area contributed by atoms with Gasteiger partial charge in [-0.25, -0.2) is 0 Å². The zero-order chi connectivity index (χ0) is 18.1. The van der Waals surface area contributed by atoms with Gasteiger partial charge in [0.15, 0.2) is 6.29 Å². The SMILES string of the molecule is CC(C)[C@H]1CC[C@@H](N2CCC(n3cc(C=O)c4ccccc43)CC2)CC1. The summed E-state index contributed by atoms with van der Waals surface area (Å²) in [6.07, 6.45) is 11.1. The summed E-state index contributed by atoms with van der Waals surface area (Å²) in [5.74, 6) is 1.78. The highest BCUT2D eigenvalue weighted by Crippen LogP contribution is 2.35. The Morgan fingerprint density at radius 1 is 0.962 bits per heavy atom. The van der Waals surface area contributed by atoms with Crippen LogP contribution in [-0.2, 0) is 0 Å². The first-order valence-corrected chi connectivity index (χ1v) is 10.5. The van der Waals surface area contributed by atoms with Crippen LogP contribution in [0.2, 0.25) is 0 Å². The van der Waals surface area contributed by atoms with Gasteiger partial charge in [-0.3, -0.25) is 4.79 Å². The van der Waals surface area contributed by atoms with Gasteiger partial charge in [0.25, 0.3) is 0 Å². The molecule has 2 aliphatic rings. The van der Waals surface area contributed by atoms with Gasteiger partial charge in [-0.2, -0.15) is 0 Å². The average molecular weight is 353 g/mol. The fraction of sp³-hybridized carbons (Fsp3) is 0.609. The summed E-state index contributed by atoms with van der Waals surface area (Å²) >= 11 is 0. The number of para-hydroxylation sites is 1. The third-order valence-corrected chi connectivity index (χ3v) is 6.99. The lowest BCUT2D eigenvalue weighted by molar-refractivity contribution is 0.0893. The Balaban J connectivity index is 1.41. The van der Waals surface area contributed by atoms with Crippen LogP contribution < -0.4 is 0 Å². The van der Waals surface area contributed by atoms with E-state index in [4.69, 9.17) is 0 Å². The molecule has 0 radical (unpaired) electrons. The molecule has 0 unspecified atom stereocenters. The summed E-state index contributed by atoms with van der Waals surface area (Å²) < 4.78 is 2.37. The maximum absolute atomic E-state index is 11.4. The lowest BCUT2D eigenvalue weighted by atomic mass is 9.79. The van der Waals surface area contributed by atoms with Gasteiger partial charge in [0, 0.05) is 47.8 Å². The van der Waals surface area contributed by atoms with Gasteiger partial charge in [-0.15, -0.1) is 0 Å². The Morgan fingerprint density at radius 2 is 1.65 bits per heavy atom. The van der Waals surface area contributed by atoms with E-state index < -0.39 is 0 Å². The highest BCUT2D eigenvalue weighted by molar-refractivity contribution is 5.97. The van der Waals surface area contributed by atoms with Crippen LogP contribution in [0.4, 0.5) is 0 Å². The molecule has 2 fully saturated rings. The molecule has 0 atom stereocenters. The number of nitrogens with zero attached hydrogens (tertiary/aromatic N) is 2. The fourth-order valence-electron chi connectivity index (χ4n) is 5.29. The number of aromatic nitrogens is 1. The summed E-state index contributed by atoms with van der Waals surface area (Å²) in [6, 6.07) is 9.65. The van der Waals surface area contributed by atoms with Crippen molar-refractivity contribution in [3.05, 3.63) is 36.0 Å². The van der Waals surface area contributed by atoms with E-state index in [2.05, 4.69) is 47.7 Å². The standard InChI is InChI=1S/C23H32N2O/c1-17(2)18-7-9-20(10-8-18)24-13-11-21(12-14-24)25-15-19(16-26)22-5-3-4-6-23(22)25/h3-6,15-18,20-21H,7-14H2,1-2H3/t18-,20+. The lowest BCUT2D eigenvalue weighted by Crippen LogP contribution is -2.43. The lowest BCUT2D eigenvalue weighted by Gasteiger charge is -2.42. The first-order valence-electron chi connectivity index (χ1n) is 10.5. The smallest absolute Gasteiger partial charge is 0.152 e. The van der Waals surface area contributed by atoms with E-state index >= 15 is 0 Å². The Hall–Kier alpha value is -1.61. The third-order valence-electron chi connectivity index (χ3n) is 6.99. The van der Waals surface area contributed by atoms with Gasteiger partial charge in [-0.05, 0) is 56.4 Å². The number of rotatable bonds is 4. The molecule has 0 amide bonds. The molecule has 2 heterocycles. The van der Waals surface area contributed by atoms with Crippen LogP contribution in [0, 0.1) is 11.8 Å². The van der Waals surface area contributed by atoms with Crippen LogP contribution in [0.25, 0.3) is 10.9 Å². The zero-order valence-corrected chi connectivity index (χ0v) is 16.2. The van der Waals surface area contributed by atoms with E-state index in [1.807, 2.05) is 6.07 Å². The number of benzene rings is 1. The van der Waals surface area contributed by atoms with Crippen molar-refractivity contribution in [1.29, 1.82) is 0 Å². The molecular weight excluding hydrogens is 320 g/mol. The van der Waals surface area contributed by atoms with Gasteiger partial charge in [-0.1, -0.05) is 32.0 Å². The van der Waals surface area contributed by atoms with Crippen LogP contribution >= 0.6 is 0 Å². The van der Waals surface area contributed by atoms with E-state index in [1.165, 1.54) is 57.1 Å². The monoisotopic (exact) mass is 352 g/mol. The molecule has 140 valence electrons. The predicted octanol–water partition coefficient (Wildman–Crippen LogP) is 5.31. The molecule has 0 N–H and O–H groups in total. The molecule has 1 saturated carbocycles. The molecule has 3 nitrogen and oxygen atoms in total. The van der Waals surface area contributed by atoms with Crippen molar-refractivity contribution < 1.29 is 4.79 Å². The van der Waals surface area contributed by atoms with Crippen LogP contribution in [0.5, 0.6) is 0 Å². The fourth-order valence-corrected chi connectivity index (χ4v) is 5.29. The quantitative estimate of drug-likeness (QED) is 0.697. The molecular formula is C23H32N2O. The highest BCUT2D eigenvalue weighted by atomic mass is 16.1. The summed E-state index contributed by atoms with van der Waals surface area (Å²) in [6.45, 7) is 7.16. The largest absolute Gasteiger partial charge is 0.344 e. The minimum absolute atomic E-state index is 0.525. The Bertz CT molecular complexity index is 747. The topological polar surface area (TPSA) is 25.2 Å². The summed E-state index contributed by atoms with van der Waals surface area (Å²) in [5, 5.41) is 1.09. The number of fused-ring (bicyclic) bond motifs is 1. The normalized spacial score (nSPS) is 25.8. The van der Waals surface area contributed by atoms with Crippen molar-refractivity contribution in [3.63, 3.8) is 0 Å². The molecule has 26 heavy (non-hydrogen) atoms. The Labute approximate surface area is 157 Å². The van der Waals surface area contributed by atoms with Crippen LogP contribution in [0.3, 0.4) is 0 Å². The maximum Gasteiger partial charge on any atom is 0.152 e. The van der Waals surface area contributed by atoms with Crippen LogP contribution in [-0.4, -0.2) is 34.9 Å². The van der Waals surface area contributed by atoms with Crippen molar-refractivity contribution in [3.8, 4) is 0 Å².